The van der Waals surface area contributed by atoms with E-state index in [9.17, 15) is 4.79 Å². The summed E-state index contributed by atoms with van der Waals surface area (Å²) in [5.41, 5.74) is 0.570. The Morgan fingerprint density at radius 1 is 1.32 bits per heavy atom. The van der Waals surface area contributed by atoms with Gasteiger partial charge in [0, 0.05) is 18.1 Å². The van der Waals surface area contributed by atoms with Gasteiger partial charge in [0.2, 0.25) is 0 Å². The molecule has 0 radical (unpaired) electrons. The smallest absolute Gasteiger partial charge is 0.257 e. The highest BCUT2D eigenvalue weighted by molar-refractivity contribution is 6.30. The second-order valence-electron chi connectivity index (χ2n) is 4.46. The van der Waals surface area contributed by atoms with Crippen LogP contribution in [0.4, 0.5) is 0 Å². The Morgan fingerprint density at radius 2 is 1.95 bits per heavy atom. The van der Waals surface area contributed by atoms with E-state index in [1.54, 1.807) is 23.1 Å². The number of carbonyl (C=O) groups excluding carboxylic acids is 1. The molecule has 0 saturated carbocycles. The van der Waals surface area contributed by atoms with Crippen LogP contribution in [0.3, 0.4) is 0 Å². The van der Waals surface area contributed by atoms with Crippen LogP contribution in [0.25, 0.3) is 0 Å². The average molecular weight is 284 g/mol. The fourth-order valence-corrected chi connectivity index (χ4v) is 2.30. The maximum Gasteiger partial charge on any atom is 0.257 e. The Balaban J connectivity index is 3.04. The number of carbonyl (C=O) groups is 1. The van der Waals surface area contributed by atoms with Crippen LogP contribution in [0, 0.1) is 0 Å². The molecule has 1 aromatic rings. The van der Waals surface area contributed by atoms with Crippen LogP contribution in [0.1, 0.15) is 44.0 Å². The van der Waals surface area contributed by atoms with Crippen molar-refractivity contribution in [2.24, 2.45) is 0 Å². The number of amides is 1. The third-order valence-corrected chi connectivity index (χ3v) is 3.52. The molecule has 0 bridgehead atoms. The molecule has 0 atom stereocenters. The molecule has 0 spiro atoms. The first kappa shape index (κ1) is 15.8. The van der Waals surface area contributed by atoms with Crippen molar-refractivity contribution in [3.05, 3.63) is 28.8 Å². The normalized spacial score (nSPS) is 10.6. The Bertz CT molecular complexity index is 430. The second-order valence-corrected chi connectivity index (χ2v) is 4.90. The second kappa shape index (κ2) is 7.39. The molecule has 0 unspecified atom stereocenters. The van der Waals surface area contributed by atoms with Crippen LogP contribution in [-0.4, -0.2) is 30.5 Å². The van der Waals surface area contributed by atoms with Crippen LogP contribution in [0.2, 0.25) is 5.02 Å². The van der Waals surface area contributed by atoms with E-state index in [1.807, 2.05) is 14.0 Å². The molecule has 19 heavy (non-hydrogen) atoms. The van der Waals surface area contributed by atoms with Crippen LogP contribution >= 0.6 is 11.6 Å². The minimum atomic E-state index is -0.0196. The van der Waals surface area contributed by atoms with E-state index in [0.29, 0.717) is 22.9 Å². The first-order chi connectivity index (χ1) is 9.04. The lowest BCUT2D eigenvalue weighted by Gasteiger charge is -2.27. The standard InChI is InChI=1S/C15H22ClNO2/c1-5-12(6-2)17(4)15(18)13-9-8-11(16)10-14(13)19-7-3/h8-10,12H,5-7H2,1-4H3. The fraction of sp³-hybridized carbons (Fsp3) is 0.533. The lowest BCUT2D eigenvalue weighted by Crippen LogP contribution is -2.36. The zero-order valence-corrected chi connectivity index (χ0v) is 12.8. The maximum atomic E-state index is 12.5. The van der Waals surface area contributed by atoms with Crippen LogP contribution in [-0.2, 0) is 0 Å². The number of ether oxygens (including phenoxy) is 1. The highest BCUT2D eigenvalue weighted by Gasteiger charge is 2.21. The molecule has 0 fully saturated rings. The molecule has 0 heterocycles. The summed E-state index contributed by atoms with van der Waals surface area (Å²) in [5.74, 6) is 0.534. The predicted octanol–water partition coefficient (Wildman–Crippen LogP) is 4.00. The van der Waals surface area contributed by atoms with Crippen molar-refractivity contribution in [3.8, 4) is 5.75 Å². The molecule has 0 saturated heterocycles. The van der Waals surface area contributed by atoms with E-state index in [2.05, 4.69) is 13.8 Å². The molecule has 0 aliphatic heterocycles. The van der Waals surface area contributed by atoms with Crippen molar-refractivity contribution in [1.82, 2.24) is 4.90 Å². The highest BCUT2D eigenvalue weighted by atomic mass is 35.5. The molecule has 0 aliphatic carbocycles. The van der Waals surface area contributed by atoms with Gasteiger partial charge < -0.3 is 9.64 Å². The summed E-state index contributed by atoms with van der Waals surface area (Å²) in [4.78, 5) is 14.3. The number of halogens is 1. The van der Waals surface area contributed by atoms with Gasteiger partial charge in [-0.3, -0.25) is 4.79 Å². The largest absolute Gasteiger partial charge is 0.493 e. The molecular weight excluding hydrogens is 262 g/mol. The van der Waals surface area contributed by atoms with E-state index in [-0.39, 0.29) is 11.9 Å². The molecule has 106 valence electrons. The Kier molecular flexibility index (Phi) is 6.16. The zero-order valence-electron chi connectivity index (χ0n) is 12.1. The van der Waals surface area contributed by atoms with Crippen LogP contribution < -0.4 is 4.74 Å². The van der Waals surface area contributed by atoms with Crippen molar-refractivity contribution in [1.29, 1.82) is 0 Å². The molecule has 1 amide bonds. The minimum absolute atomic E-state index is 0.0196. The SMILES string of the molecule is CCOc1cc(Cl)ccc1C(=O)N(C)C(CC)CC. The quantitative estimate of drug-likeness (QED) is 0.790. The predicted molar refractivity (Wildman–Crippen MR) is 79.1 cm³/mol. The Labute approximate surface area is 120 Å². The Hall–Kier alpha value is -1.22. The van der Waals surface area contributed by atoms with Gasteiger partial charge in [0.1, 0.15) is 5.75 Å². The average Bonchev–Trinajstić information content (AvgIpc) is 2.40. The van der Waals surface area contributed by atoms with Gasteiger partial charge in [-0.1, -0.05) is 25.4 Å². The first-order valence-corrected chi connectivity index (χ1v) is 7.12. The monoisotopic (exact) mass is 283 g/mol. The summed E-state index contributed by atoms with van der Waals surface area (Å²) < 4.78 is 5.50. The molecule has 0 aromatic heterocycles. The number of hydrogen-bond donors (Lipinski definition) is 0. The van der Waals surface area contributed by atoms with Crippen molar-refractivity contribution >= 4 is 17.5 Å². The third kappa shape index (κ3) is 3.87. The maximum absolute atomic E-state index is 12.5. The lowest BCUT2D eigenvalue weighted by atomic mass is 10.1. The van der Waals surface area contributed by atoms with Crippen molar-refractivity contribution in [2.45, 2.75) is 39.7 Å². The topological polar surface area (TPSA) is 29.5 Å². The molecule has 0 N–H and O–H groups in total. The molecule has 0 aliphatic rings. The van der Waals surface area contributed by atoms with Gasteiger partial charge in [0.25, 0.3) is 5.91 Å². The Morgan fingerprint density at radius 3 is 2.47 bits per heavy atom. The third-order valence-electron chi connectivity index (χ3n) is 3.28. The van der Waals surface area contributed by atoms with Crippen LogP contribution in [0.15, 0.2) is 18.2 Å². The number of rotatable bonds is 6. The van der Waals surface area contributed by atoms with Crippen LogP contribution in [0.5, 0.6) is 5.75 Å². The number of nitrogens with zero attached hydrogens (tertiary/aromatic N) is 1. The summed E-state index contributed by atoms with van der Waals surface area (Å²) in [6.45, 7) is 6.57. The van der Waals surface area contributed by atoms with Gasteiger partial charge in [0.05, 0.1) is 12.2 Å². The summed E-state index contributed by atoms with van der Waals surface area (Å²) in [6, 6.07) is 5.39. The molecule has 1 aromatic carbocycles. The molecule has 1 rings (SSSR count). The van der Waals surface area contributed by atoms with Crippen molar-refractivity contribution < 1.29 is 9.53 Å². The van der Waals surface area contributed by atoms with Gasteiger partial charge in [0.15, 0.2) is 0 Å². The van der Waals surface area contributed by atoms with Gasteiger partial charge in [-0.25, -0.2) is 0 Å². The van der Waals surface area contributed by atoms with E-state index in [4.69, 9.17) is 16.3 Å². The summed E-state index contributed by atoms with van der Waals surface area (Å²) >= 11 is 5.95. The van der Waals surface area contributed by atoms with E-state index >= 15 is 0 Å². The summed E-state index contributed by atoms with van der Waals surface area (Å²) in [6.07, 6.45) is 1.88. The minimum Gasteiger partial charge on any atom is -0.493 e. The van der Waals surface area contributed by atoms with Gasteiger partial charge in [-0.15, -0.1) is 0 Å². The molecular formula is C15H22ClNO2. The lowest BCUT2D eigenvalue weighted by molar-refractivity contribution is 0.0719. The van der Waals surface area contributed by atoms with Gasteiger partial charge in [-0.2, -0.15) is 0 Å². The van der Waals surface area contributed by atoms with Crippen molar-refractivity contribution in [2.75, 3.05) is 13.7 Å². The van der Waals surface area contributed by atoms with E-state index in [1.165, 1.54) is 0 Å². The van der Waals surface area contributed by atoms with Gasteiger partial charge in [-0.05, 0) is 38.0 Å². The van der Waals surface area contributed by atoms with Crippen molar-refractivity contribution in [3.63, 3.8) is 0 Å². The summed E-state index contributed by atoms with van der Waals surface area (Å²) in [7, 11) is 1.84. The number of benzene rings is 1. The van der Waals surface area contributed by atoms with Gasteiger partial charge >= 0.3 is 0 Å². The van der Waals surface area contributed by atoms with E-state index in [0.717, 1.165) is 12.8 Å². The zero-order chi connectivity index (χ0) is 14.4. The molecule has 3 nitrogen and oxygen atoms in total. The fourth-order valence-electron chi connectivity index (χ4n) is 2.14. The summed E-state index contributed by atoms with van der Waals surface area (Å²) in [5, 5.41) is 0.574. The first-order valence-electron chi connectivity index (χ1n) is 6.74. The molecule has 4 heteroatoms. The number of hydrogen-bond acceptors (Lipinski definition) is 2. The highest BCUT2D eigenvalue weighted by Crippen LogP contribution is 2.25. The van der Waals surface area contributed by atoms with E-state index < -0.39 is 0 Å².